The van der Waals surface area contributed by atoms with E-state index in [1.807, 2.05) is 35.5 Å². The van der Waals surface area contributed by atoms with Crippen molar-refractivity contribution in [2.75, 3.05) is 77.6 Å². The molecule has 20 heteroatoms. The second kappa shape index (κ2) is 21.0. The Bertz CT molecular complexity index is 2270. The number of allylic oxidation sites excluding steroid dienone is 4. The van der Waals surface area contributed by atoms with Gasteiger partial charge in [-0.25, -0.2) is 0 Å². The SMILES string of the molecule is COCCOCCOCCC1(C)C(=CC=CC2=[N+](CCOC)c3ccc(S(=O)(=O)O)cc3C2(C)CCCS(=O)(=O)O)N(CCCCCC(=O)O)c2ccc(S(=O)(=O)O)cc21. The molecule has 60 heavy (non-hydrogen) atoms. The minimum atomic E-state index is -4.61. The number of aliphatic carboxylic acids is 1. The third kappa shape index (κ3) is 12.5. The number of fused-ring (bicyclic) bond motifs is 2. The van der Waals surface area contributed by atoms with E-state index < -0.39 is 52.9 Å². The van der Waals surface area contributed by atoms with E-state index in [0.717, 1.165) is 5.70 Å². The third-order valence-electron chi connectivity index (χ3n) is 10.9. The quantitative estimate of drug-likeness (QED) is 0.0564. The molecule has 4 N–H and O–H groups in total. The molecule has 334 valence electrons. The summed E-state index contributed by atoms with van der Waals surface area (Å²) in [6, 6.07) is 8.64. The van der Waals surface area contributed by atoms with Crippen LogP contribution in [0.2, 0.25) is 0 Å². The molecule has 0 bridgehead atoms. The minimum Gasteiger partial charge on any atom is -0.481 e. The topological polar surface area (TPSA) is 244 Å². The first-order valence-electron chi connectivity index (χ1n) is 19.5. The Morgan fingerprint density at radius 2 is 1.37 bits per heavy atom. The van der Waals surface area contributed by atoms with Gasteiger partial charge < -0.3 is 29.0 Å². The molecule has 0 aliphatic carbocycles. The van der Waals surface area contributed by atoms with Crippen LogP contribution in [-0.2, 0) is 64.9 Å². The molecule has 2 aromatic carbocycles. The van der Waals surface area contributed by atoms with Gasteiger partial charge in [0.1, 0.15) is 6.61 Å². The van der Waals surface area contributed by atoms with Crippen LogP contribution in [0.25, 0.3) is 0 Å². The number of carboxylic acids is 1. The standard InChI is InChI=1S/C40H56N2O15S3/c1-39(17-9-27-58(45,46)47)32-28-30(59(48,49)50)14-16-35(32)42(20-22-54-3)36(39)10-8-11-37-40(2,18-21-56-25-26-57-24-23-55-4)33-29-31(60(51,52)53)13-15-34(33)41(37)19-7-5-6-12-38(43)44/h8,10-11,13-16,28-29H,5-7,9,12,17-27H2,1-4H3,(H3-,43,44,45,46,47,48,49,50,51,52,53)/p+1. The summed E-state index contributed by atoms with van der Waals surface area (Å²) in [5.74, 6) is -1.44. The van der Waals surface area contributed by atoms with Crippen molar-refractivity contribution in [3.63, 3.8) is 0 Å². The molecule has 2 unspecified atom stereocenters. The molecule has 0 aromatic heterocycles. The van der Waals surface area contributed by atoms with Gasteiger partial charge in [-0.1, -0.05) is 12.5 Å². The number of benzene rings is 2. The number of carboxylic acid groups (broad SMARTS) is 1. The van der Waals surface area contributed by atoms with Gasteiger partial charge in [-0.3, -0.25) is 18.5 Å². The summed E-state index contributed by atoms with van der Waals surface area (Å²) < 4.78 is 126. The molecule has 2 atom stereocenters. The Morgan fingerprint density at radius 3 is 1.98 bits per heavy atom. The monoisotopic (exact) mass is 901 g/mol. The van der Waals surface area contributed by atoms with Crippen LogP contribution in [0.3, 0.4) is 0 Å². The van der Waals surface area contributed by atoms with E-state index in [1.165, 1.54) is 31.4 Å². The highest BCUT2D eigenvalue weighted by atomic mass is 32.2. The Kier molecular flexibility index (Phi) is 17.2. The lowest BCUT2D eigenvalue weighted by atomic mass is 9.75. The number of unbranched alkanes of at least 4 members (excludes halogenated alkanes) is 2. The number of hydrogen-bond acceptors (Lipinski definition) is 12. The number of methoxy groups -OCH3 is 2. The molecule has 0 saturated heterocycles. The van der Waals surface area contributed by atoms with Gasteiger partial charge in [-0.05, 0) is 87.9 Å². The molecule has 0 radical (unpaired) electrons. The van der Waals surface area contributed by atoms with Crippen molar-refractivity contribution >= 4 is 53.4 Å². The average molecular weight is 902 g/mol. The van der Waals surface area contributed by atoms with Crippen LogP contribution >= 0.6 is 0 Å². The van der Waals surface area contributed by atoms with E-state index in [4.69, 9.17) is 18.9 Å². The predicted octanol–water partition coefficient (Wildman–Crippen LogP) is 4.78. The van der Waals surface area contributed by atoms with E-state index in [1.54, 1.807) is 25.3 Å². The zero-order valence-corrected chi connectivity index (χ0v) is 36.9. The van der Waals surface area contributed by atoms with Crippen molar-refractivity contribution in [3.8, 4) is 0 Å². The highest BCUT2D eigenvalue weighted by Gasteiger charge is 2.48. The maximum absolute atomic E-state index is 12.4. The van der Waals surface area contributed by atoms with Crippen molar-refractivity contribution in [3.05, 3.63) is 71.5 Å². The fraction of sp³-hybridized carbons (Fsp3) is 0.550. The van der Waals surface area contributed by atoms with E-state index in [0.29, 0.717) is 86.8 Å². The lowest BCUT2D eigenvalue weighted by Gasteiger charge is -2.30. The highest BCUT2D eigenvalue weighted by molar-refractivity contribution is 7.86. The van der Waals surface area contributed by atoms with Gasteiger partial charge in [0.2, 0.25) is 5.69 Å². The van der Waals surface area contributed by atoms with Crippen LogP contribution in [0, 0.1) is 0 Å². The summed E-state index contributed by atoms with van der Waals surface area (Å²) in [6.45, 7) is 6.48. The molecular formula is C40H57N2O15S3+. The number of anilines is 1. The summed E-state index contributed by atoms with van der Waals surface area (Å²) in [6.07, 6.45) is 7.72. The molecule has 0 amide bonds. The predicted molar refractivity (Wildman–Crippen MR) is 223 cm³/mol. The van der Waals surface area contributed by atoms with Crippen molar-refractivity contribution in [1.82, 2.24) is 0 Å². The number of ether oxygens (including phenoxy) is 4. The first kappa shape index (κ1) is 49.1. The van der Waals surface area contributed by atoms with Gasteiger partial charge in [0.15, 0.2) is 12.3 Å². The normalized spacial score (nSPS) is 20.1. The Labute approximate surface area is 352 Å². The summed E-state index contributed by atoms with van der Waals surface area (Å²) in [7, 11) is -10.4. The molecule has 0 spiro atoms. The van der Waals surface area contributed by atoms with Gasteiger partial charge >= 0.3 is 5.97 Å². The molecule has 2 aromatic rings. The maximum atomic E-state index is 12.4. The lowest BCUT2D eigenvalue weighted by Crippen LogP contribution is -2.33. The Balaban J connectivity index is 1.85. The van der Waals surface area contributed by atoms with Crippen LogP contribution in [0.15, 0.2) is 70.1 Å². The van der Waals surface area contributed by atoms with Gasteiger partial charge in [-0.2, -0.15) is 29.8 Å². The van der Waals surface area contributed by atoms with Crippen molar-refractivity contribution in [1.29, 1.82) is 0 Å². The highest BCUT2D eigenvalue weighted by Crippen LogP contribution is 2.51. The van der Waals surface area contributed by atoms with Crippen LogP contribution in [-0.4, -0.2) is 133 Å². The molecule has 0 fully saturated rings. The molecule has 2 aliphatic heterocycles. The molecule has 2 aliphatic rings. The first-order chi connectivity index (χ1) is 28.2. The molecule has 2 heterocycles. The second-order valence-corrected chi connectivity index (χ2v) is 19.5. The number of hydrogen-bond donors (Lipinski definition) is 4. The molecular weight excluding hydrogens is 845 g/mol. The summed E-state index contributed by atoms with van der Waals surface area (Å²) >= 11 is 0. The zero-order chi connectivity index (χ0) is 44.4. The largest absolute Gasteiger partial charge is 0.481 e. The van der Waals surface area contributed by atoms with Crippen LogP contribution in [0.1, 0.15) is 69.9 Å². The number of rotatable bonds is 26. The fourth-order valence-corrected chi connectivity index (χ4v) is 9.40. The Hall–Kier alpha value is -3.57. The van der Waals surface area contributed by atoms with Gasteiger partial charge in [0, 0.05) is 68.3 Å². The van der Waals surface area contributed by atoms with Gasteiger partial charge in [0.25, 0.3) is 30.4 Å². The Morgan fingerprint density at radius 1 is 0.750 bits per heavy atom. The lowest BCUT2D eigenvalue weighted by molar-refractivity contribution is -0.441. The molecule has 17 nitrogen and oxygen atoms in total. The van der Waals surface area contributed by atoms with E-state index in [-0.39, 0.29) is 48.9 Å². The summed E-state index contributed by atoms with van der Waals surface area (Å²) in [5, 5.41) is 9.20. The van der Waals surface area contributed by atoms with E-state index >= 15 is 0 Å². The summed E-state index contributed by atoms with van der Waals surface area (Å²) in [5.41, 5.74) is 1.93. The van der Waals surface area contributed by atoms with Crippen LogP contribution in [0.5, 0.6) is 0 Å². The van der Waals surface area contributed by atoms with Gasteiger partial charge in [-0.15, -0.1) is 0 Å². The minimum absolute atomic E-state index is 0.0119. The summed E-state index contributed by atoms with van der Waals surface area (Å²) in [4.78, 5) is 12.6. The third-order valence-corrected chi connectivity index (χ3v) is 13.4. The molecule has 0 saturated carbocycles. The first-order valence-corrected chi connectivity index (χ1v) is 24.0. The zero-order valence-electron chi connectivity index (χ0n) is 34.4. The van der Waals surface area contributed by atoms with Crippen molar-refractivity contribution in [2.24, 2.45) is 0 Å². The van der Waals surface area contributed by atoms with Crippen LogP contribution in [0.4, 0.5) is 11.4 Å². The maximum Gasteiger partial charge on any atom is 0.303 e. The molecule has 4 rings (SSSR count). The fourth-order valence-electron chi connectivity index (χ4n) is 7.88. The van der Waals surface area contributed by atoms with Crippen LogP contribution < -0.4 is 4.90 Å². The van der Waals surface area contributed by atoms with E-state index in [9.17, 15) is 48.8 Å². The second-order valence-electron chi connectivity index (χ2n) is 15.1. The van der Waals surface area contributed by atoms with E-state index in [2.05, 4.69) is 0 Å². The van der Waals surface area contributed by atoms with Gasteiger partial charge in [0.05, 0.1) is 47.4 Å². The average Bonchev–Trinajstić information content (AvgIpc) is 3.53. The van der Waals surface area contributed by atoms with Crippen molar-refractivity contribution < 1.29 is 72.3 Å². The smallest absolute Gasteiger partial charge is 0.303 e. The number of nitrogens with zero attached hydrogens (tertiary/aromatic N) is 2. The number of carbonyl (C=O) groups is 1. The van der Waals surface area contributed by atoms with Crippen molar-refractivity contribution in [2.45, 2.75) is 79.4 Å².